The average Bonchev–Trinajstić information content (AvgIpc) is 3.72. The van der Waals surface area contributed by atoms with Crippen molar-refractivity contribution in [3.05, 3.63) is 162 Å². The molecule has 0 saturated heterocycles. The van der Waals surface area contributed by atoms with Crippen molar-refractivity contribution in [3.8, 4) is 11.3 Å². The maximum Gasteiger partial charge on any atom is 0.162 e. The van der Waals surface area contributed by atoms with E-state index in [1.54, 1.807) is 11.3 Å². The summed E-state index contributed by atoms with van der Waals surface area (Å²) >= 11 is 1.80. The van der Waals surface area contributed by atoms with E-state index in [4.69, 9.17) is 19.4 Å². The van der Waals surface area contributed by atoms with E-state index < -0.39 is 0 Å². The van der Waals surface area contributed by atoms with Crippen molar-refractivity contribution in [2.75, 3.05) is 0 Å². The standard InChI is InChI=1S/C42H26N4OS/c1-3-12-25(13-4-1)40-44-41(26-14-5-2-6-15-26)46-42(45-40)32-24-43-38(30-19-11-21-35-36(30)29-18-9-10-20-34(29)48-35)39-37(32)31-22-27-16-7-8-17-28(27)23-33(31)47-39/h1-24,40H,(H,44,45,46). The number of hydrogen-bond acceptors (Lipinski definition) is 6. The summed E-state index contributed by atoms with van der Waals surface area (Å²) in [4.78, 5) is 15.4. The molecule has 0 spiro atoms. The van der Waals surface area contributed by atoms with Gasteiger partial charge in [0.15, 0.2) is 11.4 Å². The normalized spacial score (nSPS) is 14.9. The average molecular weight is 635 g/mol. The zero-order valence-electron chi connectivity index (χ0n) is 25.6. The summed E-state index contributed by atoms with van der Waals surface area (Å²) < 4.78 is 9.34. The van der Waals surface area contributed by atoms with Crippen molar-refractivity contribution in [2.24, 2.45) is 9.98 Å². The van der Waals surface area contributed by atoms with Gasteiger partial charge in [-0.25, -0.2) is 9.98 Å². The molecule has 1 N–H and O–H groups in total. The van der Waals surface area contributed by atoms with E-state index >= 15 is 0 Å². The van der Waals surface area contributed by atoms with Crippen LogP contribution in [0.25, 0.3) is 64.1 Å². The van der Waals surface area contributed by atoms with Crippen LogP contribution in [0.2, 0.25) is 0 Å². The largest absolute Gasteiger partial charge is 0.454 e. The second-order valence-electron chi connectivity index (χ2n) is 12.0. The third-order valence-electron chi connectivity index (χ3n) is 9.17. The monoisotopic (exact) mass is 634 g/mol. The van der Waals surface area contributed by atoms with Crippen LogP contribution in [0.4, 0.5) is 0 Å². The molecule has 6 heteroatoms. The number of nitrogens with zero attached hydrogens (tertiary/aromatic N) is 3. The van der Waals surface area contributed by atoms with Crippen LogP contribution >= 0.6 is 11.3 Å². The van der Waals surface area contributed by atoms with Crippen LogP contribution in [0.1, 0.15) is 22.9 Å². The van der Waals surface area contributed by atoms with Gasteiger partial charge in [0.1, 0.15) is 23.3 Å². The maximum atomic E-state index is 6.87. The fourth-order valence-electron chi connectivity index (χ4n) is 6.92. The predicted octanol–water partition coefficient (Wildman–Crippen LogP) is 10.7. The molecule has 5 nitrogen and oxygen atoms in total. The van der Waals surface area contributed by atoms with Crippen molar-refractivity contribution in [1.82, 2.24) is 10.3 Å². The van der Waals surface area contributed by atoms with Gasteiger partial charge in [-0.1, -0.05) is 115 Å². The Morgan fingerprint density at radius 1 is 0.625 bits per heavy atom. The molecule has 0 radical (unpaired) electrons. The van der Waals surface area contributed by atoms with Crippen LogP contribution in [-0.2, 0) is 0 Å². The van der Waals surface area contributed by atoms with Crippen LogP contribution < -0.4 is 5.32 Å². The highest BCUT2D eigenvalue weighted by Crippen LogP contribution is 2.44. The first-order valence-electron chi connectivity index (χ1n) is 16.0. The first-order chi connectivity index (χ1) is 23.8. The Morgan fingerprint density at radius 3 is 2.21 bits per heavy atom. The number of hydrogen-bond donors (Lipinski definition) is 1. The molecular formula is C42H26N4OS. The quantitative estimate of drug-likeness (QED) is 0.210. The lowest BCUT2D eigenvalue weighted by Gasteiger charge is -2.24. The SMILES string of the molecule is c1ccc(C2=NC(c3ccccc3)NC(c3cnc(-c4cccc5sc6ccccc6c45)c4oc5cc6ccccc6cc5c34)=N2)cc1. The minimum Gasteiger partial charge on any atom is -0.454 e. The van der Waals surface area contributed by atoms with Gasteiger partial charge in [0.25, 0.3) is 0 Å². The van der Waals surface area contributed by atoms with Crippen molar-refractivity contribution < 1.29 is 4.42 Å². The molecule has 9 aromatic rings. The molecule has 0 saturated carbocycles. The Balaban J connectivity index is 1.27. The molecular weight excluding hydrogens is 609 g/mol. The molecule has 1 atom stereocenters. The Hall–Kier alpha value is -6.11. The smallest absolute Gasteiger partial charge is 0.162 e. The van der Waals surface area contributed by atoms with Gasteiger partial charge in [0, 0.05) is 53.8 Å². The van der Waals surface area contributed by atoms with Crippen molar-refractivity contribution >= 4 is 75.9 Å². The second kappa shape index (κ2) is 10.7. The molecule has 0 aliphatic carbocycles. The summed E-state index contributed by atoms with van der Waals surface area (Å²) in [5.41, 5.74) is 6.30. The number of aliphatic imine (C=N–C) groups is 2. The fourth-order valence-corrected chi connectivity index (χ4v) is 8.05. The number of benzene rings is 6. The molecule has 4 heterocycles. The van der Waals surface area contributed by atoms with Gasteiger partial charge < -0.3 is 9.73 Å². The number of pyridine rings is 1. The number of aromatic nitrogens is 1. The first kappa shape index (κ1) is 27.0. The van der Waals surface area contributed by atoms with Crippen LogP contribution in [-0.4, -0.2) is 16.7 Å². The van der Waals surface area contributed by atoms with E-state index in [1.807, 2.05) is 42.6 Å². The van der Waals surface area contributed by atoms with Crippen LogP contribution in [0, 0.1) is 0 Å². The molecule has 1 aliphatic rings. The van der Waals surface area contributed by atoms with Gasteiger partial charge in [-0.3, -0.25) is 4.98 Å². The lowest BCUT2D eigenvalue weighted by molar-refractivity contribution is 0.667. The minimum atomic E-state index is -0.325. The van der Waals surface area contributed by atoms with Gasteiger partial charge in [0.05, 0.1) is 0 Å². The topological polar surface area (TPSA) is 62.8 Å². The Bertz CT molecular complexity index is 2760. The van der Waals surface area contributed by atoms with E-state index in [9.17, 15) is 0 Å². The van der Waals surface area contributed by atoms with Gasteiger partial charge in [0.2, 0.25) is 0 Å². The molecule has 3 aromatic heterocycles. The van der Waals surface area contributed by atoms with E-state index in [1.165, 1.54) is 20.2 Å². The van der Waals surface area contributed by atoms with Crippen LogP contribution in [0.15, 0.2) is 160 Å². The molecule has 1 unspecified atom stereocenters. The third kappa shape index (κ3) is 4.27. The summed E-state index contributed by atoms with van der Waals surface area (Å²) in [5, 5.41) is 10.4. The summed E-state index contributed by atoms with van der Waals surface area (Å²) in [6.45, 7) is 0. The Labute approximate surface area is 279 Å². The summed E-state index contributed by atoms with van der Waals surface area (Å²) in [5.74, 6) is 1.37. The highest BCUT2D eigenvalue weighted by atomic mass is 32.1. The van der Waals surface area contributed by atoms with Crippen molar-refractivity contribution in [1.29, 1.82) is 0 Å². The van der Waals surface area contributed by atoms with E-state index in [0.717, 1.165) is 60.7 Å². The molecule has 10 rings (SSSR count). The number of rotatable bonds is 4. The molecule has 0 fully saturated rings. The zero-order chi connectivity index (χ0) is 31.6. The first-order valence-corrected chi connectivity index (χ1v) is 16.8. The molecule has 226 valence electrons. The van der Waals surface area contributed by atoms with Gasteiger partial charge in [-0.2, -0.15) is 0 Å². The van der Waals surface area contributed by atoms with Gasteiger partial charge in [-0.15, -0.1) is 11.3 Å². The molecule has 0 amide bonds. The van der Waals surface area contributed by atoms with Crippen molar-refractivity contribution in [3.63, 3.8) is 0 Å². The minimum absolute atomic E-state index is 0.325. The molecule has 0 bridgehead atoms. The third-order valence-corrected chi connectivity index (χ3v) is 10.3. The number of fused-ring (bicyclic) bond motifs is 7. The maximum absolute atomic E-state index is 6.87. The van der Waals surface area contributed by atoms with Gasteiger partial charge in [-0.05, 0) is 40.6 Å². The molecule has 48 heavy (non-hydrogen) atoms. The highest BCUT2D eigenvalue weighted by molar-refractivity contribution is 7.25. The van der Waals surface area contributed by atoms with E-state index in [0.29, 0.717) is 11.7 Å². The number of amidine groups is 2. The van der Waals surface area contributed by atoms with E-state index in [2.05, 4.69) is 108 Å². The number of thiophene rings is 1. The second-order valence-corrected chi connectivity index (χ2v) is 13.1. The van der Waals surface area contributed by atoms with Crippen LogP contribution in [0.5, 0.6) is 0 Å². The van der Waals surface area contributed by atoms with E-state index in [-0.39, 0.29) is 6.17 Å². The predicted molar refractivity (Wildman–Crippen MR) is 199 cm³/mol. The fraction of sp³-hybridized carbons (Fsp3) is 0.0238. The lowest BCUT2D eigenvalue weighted by atomic mass is 9.98. The summed E-state index contributed by atoms with van der Waals surface area (Å²) in [7, 11) is 0. The van der Waals surface area contributed by atoms with Crippen molar-refractivity contribution in [2.45, 2.75) is 6.17 Å². The number of nitrogens with one attached hydrogen (secondary N) is 1. The molecule has 6 aromatic carbocycles. The lowest BCUT2D eigenvalue weighted by Crippen LogP contribution is -2.33. The Morgan fingerprint density at radius 2 is 1.35 bits per heavy atom. The van der Waals surface area contributed by atoms with Crippen LogP contribution in [0.3, 0.4) is 0 Å². The summed E-state index contributed by atoms with van der Waals surface area (Å²) in [6.07, 6.45) is 1.63. The summed E-state index contributed by atoms with van der Waals surface area (Å²) in [6, 6.07) is 48.3. The Kier molecular flexibility index (Phi) is 6.04. The molecule has 1 aliphatic heterocycles. The highest BCUT2D eigenvalue weighted by Gasteiger charge is 2.26. The number of furan rings is 1. The van der Waals surface area contributed by atoms with Gasteiger partial charge >= 0.3 is 0 Å². The zero-order valence-corrected chi connectivity index (χ0v) is 26.4.